The summed E-state index contributed by atoms with van der Waals surface area (Å²) in [5, 5.41) is 5.35. The number of aromatic nitrogens is 1. The molecule has 3 aromatic rings. The van der Waals surface area contributed by atoms with Crippen LogP contribution in [0.3, 0.4) is 0 Å². The van der Waals surface area contributed by atoms with Crippen LogP contribution < -0.4 is 10.6 Å². The lowest BCUT2D eigenvalue weighted by molar-refractivity contribution is -0.114. The van der Waals surface area contributed by atoms with Crippen molar-refractivity contribution in [3.05, 3.63) is 53.6 Å². The molecule has 0 aliphatic rings. The van der Waals surface area contributed by atoms with Gasteiger partial charge in [0, 0.05) is 12.6 Å². The van der Waals surface area contributed by atoms with Gasteiger partial charge in [-0.05, 0) is 36.4 Å². The van der Waals surface area contributed by atoms with Crippen molar-refractivity contribution in [3.63, 3.8) is 0 Å². The minimum Gasteiger partial charge on any atom is -0.326 e. The van der Waals surface area contributed by atoms with E-state index in [9.17, 15) is 18.4 Å². The Morgan fingerprint density at radius 3 is 2.62 bits per heavy atom. The molecule has 0 saturated heterocycles. The first-order chi connectivity index (χ1) is 11.4. The molecular formula is C16H11F2N3O2S. The molecule has 2 amide bonds. The molecule has 0 bridgehead atoms. The fourth-order valence-electron chi connectivity index (χ4n) is 2.10. The molecule has 2 N–H and O–H groups in total. The molecular weight excluding hydrogens is 336 g/mol. The maximum Gasteiger partial charge on any atom is 0.260 e. The number of fused-ring (bicyclic) bond motifs is 1. The Bertz CT molecular complexity index is 956. The van der Waals surface area contributed by atoms with Gasteiger partial charge in [0.25, 0.3) is 5.91 Å². The summed E-state index contributed by atoms with van der Waals surface area (Å²) in [6.45, 7) is 1.40. The molecule has 5 nitrogen and oxygen atoms in total. The lowest BCUT2D eigenvalue weighted by Crippen LogP contribution is -2.13. The van der Waals surface area contributed by atoms with Gasteiger partial charge in [0.15, 0.2) is 5.13 Å². The van der Waals surface area contributed by atoms with E-state index in [4.69, 9.17) is 0 Å². The van der Waals surface area contributed by atoms with Gasteiger partial charge in [0.05, 0.1) is 15.8 Å². The lowest BCUT2D eigenvalue weighted by atomic mass is 10.2. The Hall–Kier alpha value is -2.87. The van der Waals surface area contributed by atoms with Gasteiger partial charge in [-0.3, -0.25) is 14.9 Å². The van der Waals surface area contributed by atoms with Crippen molar-refractivity contribution in [2.45, 2.75) is 6.92 Å². The number of hydrogen-bond acceptors (Lipinski definition) is 4. The highest BCUT2D eigenvalue weighted by atomic mass is 32.1. The smallest absolute Gasteiger partial charge is 0.260 e. The predicted octanol–water partition coefficient (Wildman–Crippen LogP) is 3.79. The summed E-state index contributed by atoms with van der Waals surface area (Å²) < 4.78 is 27.5. The number of hydrogen-bond donors (Lipinski definition) is 2. The number of thiazole rings is 1. The van der Waals surface area contributed by atoms with Gasteiger partial charge in [-0.1, -0.05) is 11.3 Å². The minimum absolute atomic E-state index is 0.200. The third-order valence-corrected chi connectivity index (χ3v) is 4.04. The summed E-state index contributed by atoms with van der Waals surface area (Å²) in [4.78, 5) is 27.3. The molecule has 1 aromatic heterocycles. The second kappa shape index (κ2) is 6.32. The highest BCUT2D eigenvalue weighted by Gasteiger charge is 2.15. The summed E-state index contributed by atoms with van der Waals surface area (Å²) in [5.41, 5.74) is 0.824. The lowest BCUT2D eigenvalue weighted by Gasteiger charge is -2.02. The topological polar surface area (TPSA) is 71.1 Å². The van der Waals surface area contributed by atoms with Gasteiger partial charge in [-0.2, -0.15) is 0 Å². The highest BCUT2D eigenvalue weighted by molar-refractivity contribution is 7.22. The first-order valence-electron chi connectivity index (χ1n) is 6.87. The minimum atomic E-state index is -0.817. The van der Waals surface area contributed by atoms with Crippen LogP contribution in [0.15, 0.2) is 36.4 Å². The van der Waals surface area contributed by atoms with Crippen molar-refractivity contribution >= 4 is 44.2 Å². The maximum absolute atomic E-state index is 13.6. The van der Waals surface area contributed by atoms with E-state index in [1.165, 1.54) is 6.92 Å². The van der Waals surface area contributed by atoms with E-state index in [0.717, 1.165) is 34.2 Å². The number of amides is 2. The Labute approximate surface area is 139 Å². The van der Waals surface area contributed by atoms with Crippen molar-refractivity contribution < 1.29 is 18.4 Å². The average molecular weight is 347 g/mol. The van der Waals surface area contributed by atoms with E-state index >= 15 is 0 Å². The van der Waals surface area contributed by atoms with Crippen molar-refractivity contribution in [2.75, 3.05) is 10.6 Å². The molecule has 3 rings (SSSR count). The fourth-order valence-corrected chi connectivity index (χ4v) is 3.00. The SMILES string of the molecule is CC(=O)Nc1ccc2nc(NC(=O)c3cc(F)ccc3F)sc2c1. The molecule has 0 aliphatic heterocycles. The molecule has 122 valence electrons. The van der Waals surface area contributed by atoms with Gasteiger partial charge in [0.2, 0.25) is 5.91 Å². The summed E-state index contributed by atoms with van der Waals surface area (Å²) in [7, 11) is 0. The number of halogens is 2. The van der Waals surface area contributed by atoms with Crippen molar-refractivity contribution in [1.82, 2.24) is 4.98 Å². The second-order valence-corrected chi connectivity index (χ2v) is 5.99. The standard InChI is InChI=1S/C16H11F2N3O2S/c1-8(22)19-10-3-5-13-14(7-10)24-16(20-13)21-15(23)11-6-9(17)2-4-12(11)18/h2-7H,1H3,(H,19,22)(H,20,21,23). The summed E-state index contributed by atoms with van der Waals surface area (Å²) in [6, 6.07) is 7.74. The van der Waals surface area contributed by atoms with Crippen LogP contribution in [-0.2, 0) is 4.79 Å². The number of rotatable bonds is 3. The van der Waals surface area contributed by atoms with Gasteiger partial charge in [-0.15, -0.1) is 0 Å². The predicted molar refractivity (Wildman–Crippen MR) is 88.2 cm³/mol. The Morgan fingerprint density at radius 2 is 1.88 bits per heavy atom. The molecule has 0 spiro atoms. The van der Waals surface area contributed by atoms with Gasteiger partial charge >= 0.3 is 0 Å². The van der Waals surface area contributed by atoms with Crippen LogP contribution in [0.5, 0.6) is 0 Å². The van der Waals surface area contributed by atoms with Crippen molar-refractivity contribution in [2.24, 2.45) is 0 Å². The molecule has 1 heterocycles. The Kier molecular flexibility index (Phi) is 4.22. The van der Waals surface area contributed by atoms with E-state index in [1.807, 2.05) is 0 Å². The van der Waals surface area contributed by atoms with Crippen molar-refractivity contribution in [3.8, 4) is 0 Å². The molecule has 0 fully saturated rings. The van der Waals surface area contributed by atoms with Crippen molar-refractivity contribution in [1.29, 1.82) is 0 Å². The zero-order valence-electron chi connectivity index (χ0n) is 12.4. The quantitative estimate of drug-likeness (QED) is 0.757. The highest BCUT2D eigenvalue weighted by Crippen LogP contribution is 2.29. The Balaban J connectivity index is 1.86. The van der Waals surface area contributed by atoms with Crippen LogP contribution in [0.2, 0.25) is 0 Å². The first-order valence-corrected chi connectivity index (χ1v) is 7.68. The van der Waals surface area contributed by atoms with Crippen LogP contribution in [0, 0.1) is 11.6 Å². The van der Waals surface area contributed by atoms with E-state index in [1.54, 1.807) is 18.2 Å². The molecule has 24 heavy (non-hydrogen) atoms. The Morgan fingerprint density at radius 1 is 1.08 bits per heavy atom. The molecule has 0 unspecified atom stereocenters. The maximum atomic E-state index is 13.6. The largest absolute Gasteiger partial charge is 0.326 e. The van der Waals surface area contributed by atoms with Gasteiger partial charge in [-0.25, -0.2) is 13.8 Å². The molecule has 0 saturated carbocycles. The first kappa shape index (κ1) is 16.0. The second-order valence-electron chi connectivity index (χ2n) is 4.96. The van der Waals surface area contributed by atoms with Crippen LogP contribution in [0.1, 0.15) is 17.3 Å². The normalized spacial score (nSPS) is 10.6. The summed E-state index contributed by atoms with van der Waals surface area (Å²) in [6.07, 6.45) is 0. The number of nitrogens with one attached hydrogen (secondary N) is 2. The average Bonchev–Trinajstić information content (AvgIpc) is 2.90. The molecule has 0 aliphatic carbocycles. The monoisotopic (exact) mass is 347 g/mol. The van der Waals surface area contributed by atoms with Crippen LogP contribution in [0.4, 0.5) is 19.6 Å². The van der Waals surface area contributed by atoms with Crippen LogP contribution in [-0.4, -0.2) is 16.8 Å². The third kappa shape index (κ3) is 3.38. The van der Waals surface area contributed by atoms with E-state index in [0.29, 0.717) is 11.2 Å². The fraction of sp³-hybridized carbons (Fsp3) is 0.0625. The summed E-state index contributed by atoms with van der Waals surface area (Å²) >= 11 is 1.16. The van der Waals surface area contributed by atoms with E-state index in [2.05, 4.69) is 15.6 Å². The van der Waals surface area contributed by atoms with Gasteiger partial charge < -0.3 is 5.32 Å². The number of nitrogens with zero attached hydrogens (tertiary/aromatic N) is 1. The molecule has 0 radical (unpaired) electrons. The summed E-state index contributed by atoms with van der Waals surface area (Å²) in [5.74, 6) is -2.50. The van der Waals surface area contributed by atoms with Gasteiger partial charge in [0.1, 0.15) is 11.6 Å². The number of benzene rings is 2. The van der Waals surface area contributed by atoms with E-state index < -0.39 is 23.1 Å². The molecule has 0 atom stereocenters. The van der Waals surface area contributed by atoms with E-state index in [-0.39, 0.29) is 11.0 Å². The van der Waals surface area contributed by atoms with Crippen LogP contribution in [0.25, 0.3) is 10.2 Å². The third-order valence-electron chi connectivity index (χ3n) is 3.10. The zero-order chi connectivity index (χ0) is 17.3. The number of anilines is 2. The number of carbonyl (C=O) groups is 2. The molecule has 2 aromatic carbocycles. The number of carbonyl (C=O) groups excluding carboxylic acids is 2. The molecule has 8 heteroatoms. The van der Waals surface area contributed by atoms with Crippen LogP contribution >= 0.6 is 11.3 Å². The zero-order valence-corrected chi connectivity index (χ0v) is 13.2.